The van der Waals surface area contributed by atoms with Gasteiger partial charge in [0.2, 0.25) is 15.9 Å². The highest BCUT2D eigenvalue weighted by atomic mass is 32.2. The summed E-state index contributed by atoms with van der Waals surface area (Å²) in [5.41, 5.74) is 0.673. The van der Waals surface area contributed by atoms with E-state index in [2.05, 4.69) is 15.2 Å². The number of H-pyrrole nitrogens is 1. The molecule has 1 N–H and O–H groups in total. The van der Waals surface area contributed by atoms with E-state index < -0.39 is 15.8 Å². The maximum Gasteiger partial charge on any atom is 0.417 e. The number of hydrogen-bond donors (Lipinski definition) is 1. The summed E-state index contributed by atoms with van der Waals surface area (Å²) in [6.45, 7) is 3.18. The molecule has 3 heterocycles. The van der Waals surface area contributed by atoms with Crippen LogP contribution in [0.5, 0.6) is 0 Å². The number of rotatable bonds is 3. The van der Waals surface area contributed by atoms with Crippen molar-refractivity contribution in [3.63, 3.8) is 0 Å². The lowest BCUT2D eigenvalue weighted by molar-refractivity contribution is 0.370. The SMILES string of the molecule is Cc1nnc(N2CCN(S(=O)(=O)c3ccc4[nH]c(=O)oc4c3)CC2)o1. The minimum Gasteiger partial charge on any atom is -0.408 e. The molecule has 0 bridgehead atoms. The molecule has 1 aromatic carbocycles. The number of fused-ring (bicyclic) bond motifs is 1. The van der Waals surface area contributed by atoms with Gasteiger partial charge in [0, 0.05) is 39.2 Å². The molecule has 3 aromatic rings. The zero-order chi connectivity index (χ0) is 17.6. The second-order valence-electron chi connectivity index (χ2n) is 5.67. The minimum absolute atomic E-state index is 0.0878. The molecule has 0 atom stereocenters. The van der Waals surface area contributed by atoms with Crippen LogP contribution in [0.3, 0.4) is 0 Å². The zero-order valence-corrected chi connectivity index (χ0v) is 14.1. The van der Waals surface area contributed by atoms with E-state index in [9.17, 15) is 13.2 Å². The van der Waals surface area contributed by atoms with Crippen LogP contribution >= 0.6 is 0 Å². The summed E-state index contributed by atoms with van der Waals surface area (Å²) in [7, 11) is -3.68. The van der Waals surface area contributed by atoms with Gasteiger partial charge in [0.15, 0.2) is 5.58 Å². The van der Waals surface area contributed by atoms with E-state index in [1.165, 1.54) is 22.5 Å². The van der Waals surface area contributed by atoms with Gasteiger partial charge in [-0.2, -0.15) is 4.31 Å². The van der Waals surface area contributed by atoms with Gasteiger partial charge >= 0.3 is 11.8 Å². The van der Waals surface area contributed by atoms with Gasteiger partial charge in [-0.1, -0.05) is 5.10 Å². The van der Waals surface area contributed by atoms with Gasteiger partial charge < -0.3 is 13.7 Å². The third-order valence-corrected chi connectivity index (χ3v) is 5.95. The van der Waals surface area contributed by atoms with Gasteiger partial charge in [-0.25, -0.2) is 13.2 Å². The monoisotopic (exact) mass is 365 g/mol. The quantitative estimate of drug-likeness (QED) is 0.703. The van der Waals surface area contributed by atoms with Crippen LogP contribution in [0.2, 0.25) is 0 Å². The molecule has 0 amide bonds. The molecule has 1 aliphatic heterocycles. The number of piperazine rings is 1. The minimum atomic E-state index is -3.68. The van der Waals surface area contributed by atoms with Crippen molar-refractivity contribution in [3.8, 4) is 0 Å². The lowest BCUT2D eigenvalue weighted by atomic mass is 10.3. The molecule has 11 heteroatoms. The highest BCUT2D eigenvalue weighted by Crippen LogP contribution is 2.22. The van der Waals surface area contributed by atoms with Crippen molar-refractivity contribution >= 4 is 27.1 Å². The first-order chi connectivity index (χ1) is 11.9. The normalized spacial score (nSPS) is 16.6. The Morgan fingerprint density at radius 3 is 2.56 bits per heavy atom. The van der Waals surface area contributed by atoms with Gasteiger partial charge in [0.05, 0.1) is 10.4 Å². The van der Waals surface area contributed by atoms with Crippen molar-refractivity contribution in [2.24, 2.45) is 0 Å². The Morgan fingerprint density at radius 1 is 1.12 bits per heavy atom. The maximum atomic E-state index is 12.8. The van der Waals surface area contributed by atoms with E-state index in [-0.39, 0.29) is 10.5 Å². The van der Waals surface area contributed by atoms with Gasteiger partial charge in [-0.05, 0) is 12.1 Å². The first-order valence-electron chi connectivity index (χ1n) is 7.61. The predicted molar refractivity (Wildman–Crippen MR) is 86.8 cm³/mol. The largest absolute Gasteiger partial charge is 0.417 e. The van der Waals surface area contributed by atoms with Crippen molar-refractivity contribution in [1.82, 2.24) is 19.5 Å². The van der Waals surface area contributed by atoms with Crippen LogP contribution in [-0.4, -0.2) is 54.1 Å². The van der Waals surface area contributed by atoms with E-state index in [1.54, 1.807) is 6.92 Å². The molecule has 0 radical (unpaired) electrons. The number of oxazole rings is 1. The summed E-state index contributed by atoms with van der Waals surface area (Å²) in [6, 6.07) is 4.72. The molecule has 0 spiro atoms. The van der Waals surface area contributed by atoms with Crippen LogP contribution in [0.4, 0.5) is 6.01 Å². The average Bonchev–Trinajstić information content (AvgIpc) is 3.18. The molecule has 2 aromatic heterocycles. The number of aryl methyl sites for hydroxylation is 1. The van der Waals surface area contributed by atoms with E-state index in [0.29, 0.717) is 43.6 Å². The number of benzene rings is 1. The maximum absolute atomic E-state index is 12.8. The van der Waals surface area contributed by atoms with Crippen molar-refractivity contribution in [1.29, 1.82) is 0 Å². The van der Waals surface area contributed by atoms with Crippen LogP contribution in [0.15, 0.2) is 36.7 Å². The fraction of sp³-hybridized carbons (Fsp3) is 0.357. The molecule has 0 aliphatic carbocycles. The molecule has 1 saturated heterocycles. The molecule has 25 heavy (non-hydrogen) atoms. The standard InChI is InChI=1S/C14H15N5O5S/c1-9-16-17-13(23-9)18-4-6-19(7-5-18)25(21,22)10-2-3-11-12(8-10)24-14(20)15-11/h2-3,8H,4-7H2,1H3,(H,15,20). The third kappa shape index (κ3) is 2.81. The summed E-state index contributed by atoms with van der Waals surface area (Å²) in [5, 5.41) is 7.73. The van der Waals surface area contributed by atoms with Gasteiger partial charge in [0.1, 0.15) is 0 Å². The zero-order valence-electron chi connectivity index (χ0n) is 13.3. The smallest absolute Gasteiger partial charge is 0.408 e. The molecule has 0 unspecified atom stereocenters. The Bertz CT molecular complexity index is 1070. The Morgan fingerprint density at radius 2 is 1.88 bits per heavy atom. The Hall–Kier alpha value is -2.66. The van der Waals surface area contributed by atoms with Crippen molar-refractivity contribution in [2.45, 2.75) is 11.8 Å². The number of aromatic amines is 1. The summed E-state index contributed by atoms with van der Waals surface area (Å²) < 4.78 is 37.3. The number of nitrogens with zero attached hydrogens (tertiary/aromatic N) is 4. The van der Waals surface area contributed by atoms with Gasteiger partial charge in [-0.3, -0.25) is 4.98 Å². The molecule has 4 rings (SSSR count). The molecular formula is C14H15N5O5S. The second-order valence-corrected chi connectivity index (χ2v) is 7.61. The molecule has 10 nitrogen and oxygen atoms in total. The first-order valence-corrected chi connectivity index (χ1v) is 9.05. The lowest BCUT2D eigenvalue weighted by Crippen LogP contribution is -2.48. The number of aromatic nitrogens is 3. The number of anilines is 1. The van der Waals surface area contributed by atoms with E-state index in [4.69, 9.17) is 8.83 Å². The Balaban J connectivity index is 1.55. The summed E-state index contributed by atoms with van der Waals surface area (Å²) in [5.74, 6) is -0.153. The van der Waals surface area contributed by atoms with Crippen LogP contribution in [0.25, 0.3) is 11.1 Å². The fourth-order valence-corrected chi connectivity index (χ4v) is 4.21. The van der Waals surface area contributed by atoms with E-state index in [0.717, 1.165) is 0 Å². The molecular weight excluding hydrogens is 350 g/mol. The molecule has 1 fully saturated rings. The van der Waals surface area contributed by atoms with E-state index in [1.807, 2.05) is 4.90 Å². The highest BCUT2D eigenvalue weighted by molar-refractivity contribution is 7.89. The average molecular weight is 365 g/mol. The summed E-state index contributed by atoms with van der Waals surface area (Å²) >= 11 is 0. The van der Waals surface area contributed by atoms with Crippen molar-refractivity contribution in [3.05, 3.63) is 34.6 Å². The van der Waals surface area contributed by atoms with E-state index >= 15 is 0 Å². The van der Waals surface area contributed by atoms with Crippen LogP contribution in [-0.2, 0) is 10.0 Å². The van der Waals surface area contributed by atoms with Crippen LogP contribution in [0, 0.1) is 6.92 Å². The molecule has 132 valence electrons. The predicted octanol–water partition coefficient (Wildman–Crippen LogP) is 0.323. The Kier molecular flexibility index (Phi) is 3.62. The second kappa shape index (κ2) is 5.70. The third-order valence-electron chi connectivity index (χ3n) is 4.05. The van der Waals surface area contributed by atoms with Gasteiger partial charge in [-0.15, -0.1) is 5.10 Å². The first kappa shape index (κ1) is 15.8. The van der Waals surface area contributed by atoms with Crippen molar-refractivity contribution < 1.29 is 17.3 Å². The summed E-state index contributed by atoms with van der Waals surface area (Å²) in [4.78, 5) is 15.6. The summed E-state index contributed by atoms with van der Waals surface area (Å²) in [6.07, 6.45) is 0. The number of sulfonamides is 1. The number of hydrogen-bond acceptors (Lipinski definition) is 8. The van der Waals surface area contributed by atoms with Crippen LogP contribution < -0.4 is 10.7 Å². The topological polar surface area (TPSA) is 126 Å². The lowest BCUT2D eigenvalue weighted by Gasteiger charge is -2.32. The fourth-order valence-electron chi connectivity index (χ4n) is 2.77. The molecule has 1 aliphatic rings. The van der Waals surface area contributed by atoms with Crippen molar-refractivity contribution in [2.75, 3.05) is 31.1 Å². The van der Waals surface area contributed by atoms with Crippen LogP contribution in [0.1, 0.15) is 5.89 Å². The Labute approximate surface area is 142 Å². The molecule has 0 saturated carbocycles. The highest BCUT2D eigenvalue weighted by Gasteiger charge is 2.30. The van der Waals surface area contributed by atoms with Gasteiger partial charge in [0.25, 0.3) is 0 Å². The number of nitrogens with one attached hydrogen (secondary N) is 1.